The number of hydrogen-bond acceptors (Lipinski definition) is 2. The predicted molar refractivity (Wildman–Crippen MR) is 42.4 cm³/mol. The van der Waals surface area contributed by atoms with Crippen molar-refractivity contribution in [3.8, 4) is 0 Å². The summed E-state index contributed by atoms with van der Waals surface area (Å²) in [7, 11) is 0. The van der Waals surface area contributed by atoms with Gasteiger partial charge in [-0.3, -0.25) is 4.90 Å². The molecule has 2 nitrogen and oxygen atoms in total. The van der Waals surface area contributed by atoms with E-state index in [1.165, 1.54) is 0 Å². The first-order valence-electron chi connectivity index (χ1n) is 4.42. The van der Waals surface area contributed by atoms with Crippen LogP contribution in [0.25, 0.3) is 0 Å². The Kier molecular flexibility index (Phi) is 1.84. The van der Waals surface area contributed by atoms with Gasteiger partial charge in [0.15, 0.2) is 0 Å². The average molecular weight is 176 g/mol. The number of piperazine rings is 1. The highest BCUT2D eigenvalue weighted by atomic mass is 19.3. The normalized spacial score (nSPS) is 41.2. The first-order valence-corrected chi connectivity index (χ1v) is 4.42. The summed E-state index contributed by atoms with van der Waals surface area (Å²) in [5.41, 5.74) is 0. The minimum absolute atomic E-state index is 0.0344. The van der Waals surface area contributed by atoms with E-state index in [-0.39, 0.29) is 19.0 Å². The van der Waals surface area contributed by atoms with Crippen LogP contribution in [-0.4, -0.2) is 42.5 Å². The van der Waals surface area contributed by atoms with Crippen LogP contribution in [0.1, 0.15) is 13.3 Å². The lowest BCUT2D eigenvalue weighted by molar-refractivity contribution is 0.0119. The van der Waals surface area contributed by atoms with Crippen molar-refractivity contribution >= 4 is 0 Å². The van der Waals surface area contributed by atoms with Gasteiger partial charge in [0.05, 0.1) is 6.54 Å². The van der Waals surface area contributed by atoms with Gasteiger partial charge >= 0.3 is 0 Å². The summed E-state index contributed by atoms with van der Waals surface area (Å²) in [5.74, 6) is -2.45. The predicted octanol–water partition coefficient (Wildman–Crippen LogP) is 0.688. The van der Waals surface area contributed by atoms with Gasteiger partial charge in [-0.2, -0.15) is 0 Å². The lowest BCUT2D eigenvalue weighted by Gasteiger charge is -2.33. The van der Waals surface area contributed by atoms with Crippen LogP contribution in [0.5, 0.6) is 0 Å². The Bertz CT molecular complexity index is 184. The molecule has 0 aliphatic carbocycles. The molecule has 2 aliphatic heterocycles. The van der Waals surface area contributed by atoms with Gasteiger partial charge in [0.25, 0.3) is 5.92 Å². The minimum atomic E-state index is -2.45. The summed E-state index contributed by atoms with van der Waals surface area (Å²) in [6, 6.07) is 0.423. The second-order valence-electron chi connectivity index (χ2n) is 3.95. The second-order valence-corrected chi connectivity index (χ2v) is 3.95. The van der Waals surface area contributed by atoms with E-state index in [2.05, 4.69) is 5.32 Å². The maximum Gasteiger partial charge on any atom is 0.262 e. The fourth-order valence-electron chi connectivity index (χ4n) is 2.13. The van der Waals surface area contributed by atoms with E-state index in [9.17, 15) is 8.78 Å². The monoisotopic (exact) mass is 176 g/mol. The van der Waals surface area contributed by atoms with Crippen molar-refractivity contribution < 1.29 is 8.78 Å². The molecule has 2 atom stereocenters. The Hall–Kier alpha value is -0.220. The van der Waals surface area contributed by atoms with Gasteiger partial charge in [0.1, 0.15) is 0 Å². The van der Waals surface area contributed by atoms with E-state index in [0.29, 0.717) is 6.04 Å². The van der Waals surface area contributed by atoms with E-state index in [1.807, 2.05) is 11.8 Å². The first kappa shape index (κ1) is 8.38. The molecule has 12 heavy (non-hydrogen) atoms. The lowest BCUT2D eigenvalue weighted by Crippen LogP contribution is -2.52. The highest BCUT2D eigenvalue weighted by Crippen LogP contribution is 2.32. The van der Waals surface area contributed by atoms with Crippen molar-refractivity contribution in [2.75, 3.05) is 19.6 Å². The van der Waals surface area contributed by atoms with Gasteiger partial charge in [-0.15, -0.1) is 0 Å². The molecule has 2 rings (SSSR count). The summed E-state index contributed by atoms with van der Waals surface area (Å²) < 4.78 is 25.8. The second kappa shape index (κ2) is 2.64. The summed E-state index contributed by atoms with van der Waals surface area (Å²) in [6.07, 6.45) is 0.0344. The van der Waals surface area contributed by atoms with E-state index in [4.69, 9.17) is 0 Å². The molecule has 2 heterocycles. The highest BCUT2D eigenvalue weighted by Gasteiger charge is 2.46. The van der Waals surface area contributed by atoms with Crippen molar-refractivity contribution in [1.29, 1.82) is 0 Å². The number of fused-ring (bicyclic) bond motifs is 1. The quantitative estimate of drug-likeness (QED) is 0.584. The molecule has 0 amide bonds. The Morgan fingerprint density at radius 2 is 2.25 bits per heavy atom. The molecule has 70 valence electrons. The molecule has 0 unspecified atom stereocenters. The SMILES string of the molecule is C[C@H]1CN2CC(F)(F)C[C@H]2CN1. The van der Waals surface area contributed by atoms with Gasteiger partial charge in [0.2, 0.25) is 0 Å². The largest absolute Gasteiger partial charge is 0.311 e. The topological polar surface area (TPSA) is 15.3 Å². The third-order valence-electron chi connectivity index (χ3n) is 2.70. The minimum Gasteiger partial charge on any atom is -0.311 e. The van der Waals surface area contributed by atoms with Crippen LogP contribution in [0.2, 0.25) is 0 Å². The molecule has 0 spiro atoms. The van der Waals surface area contributed by atoms with Crippen molar-refractivity contribution in [2.24, 2.45) is 0 Å². The molecule has 0 aromatic rings. The lowest BCUT2D eigenvalue weighted by atomic mass is 10.1. The van der Waals surface area contributed by atoms with Crippen LogP contribution < -0.4 is 5.32 Å². The number of alkyl halides is 2. The zero-order valence-electron chi connectivity index (χ0n) is 7.19. The zero-order chi connectivity index (χ0) is 8.77. The van der Waals surface area contributed by atoms with Gasteiger partial charge in [-0.05, 0) is 6.92 Å². The smallest absolute Gasteiger partial charge is 0.262 e. The molecule has 0 bridgehead atoms. The van der Waals surface area contributed by atoms with Gasteiger partial charge < -0.3 is 5.32 Å². The molecule has 0 saturated carbocycles. The molecule has 2 saturated heterocycles. The van der Waals surface area contributed by atoms with Crippen molar-refractivity contribution in [2.45, 2.75) is 31.4 Å². The van der Waals surface area contributed by atoms with E-state index in [1.54, 1.807) is 0 Å². The number of nitrogens with zero attached hydrogens (tertiary/aromatic N) is 1. The number of hydrogen-bond donors (Lipinski definition) is 1. The van der Waals surface area contributed by atoms with Crippen LogP contribution in [0.3, 0.4) is 0 Å². The fourth-order valence-corrected chi connectivity index (χ4v) is 2.13. The van der Waals surface area contributed by atoms with E-state index < -0.39 is 5.92 Å². The van der Waals surface area contributed by atoms with Gasteiger partial charge in [-0.25, -0.2) is 8.78 Å². The molecule has 2 fully saturated rings. The number of rotatable bonds is 0. The van der Waals surface area contributed by atoms with E-state index >= 15 is 0 Å². The molecule has 0 aromatic carbocycles. The fraction of sp³-hybridized carbons (Fsp3) is 1.00. The van der Waals surface area contributed by atoms with Crippen molar-refractivity contribution in [1.82, 2.24) is 10.2 Å². The molecule has 4 heteroatoms. The Balaban J connectivity index is 2.02. The third-order valence-corrected chi connectivity index (χ3v) is 2.70. The van der Waals surface area contributed by atoms with Crippen LogP contribution in [-0.2, 0) is 0 Å². The van der Waals surface area contributed by atoms with E-state index in [0.717, 1.165) is 13.1 Å². The summed E-state index contributed by atoms with van der Waals surface area (Å²) >= 11 is 0. The molecule has 2 aliphatic rings. The standard InChI is InChI=1S/C8H14F2N2/c1-6-4-12-5-8(9,10)2-7(12)3-11-6/h6-7,11H,2-5H2,1H3/t6-,7-/m0/s1. The van der Waals surface area contributed by atoms with Crippen LogP contribution in [0, 0.1) is 0 Å². The van der Waals surface area contributed by atoms with Gasteiger partial charge in [-0.1, -0.05) is 0 Å². The zero-order valence-corrected chi connectivity index (χ0v) is 7.19. The highest BCUT2D eigenvalue weighted by molar-refractivity contribution is 4.95. The van der Waals surface area contributed by atoms with Crippen LogP contribution in [0.4, 0.5) is 8.78 Å². The Morgan fingerprint density at radius 1 is 1.50 bits per heavy atom. The summed E-state index contributed by atoms with van der Waals surface area (Å²) in [5, 5.41) is 3.22. The first-order chi connectivity index (χ1) is 5.57. The molecule has 1 N–H and O–H groups in total. The third kappa shape index (κ3) is 1.45. The van der Waals surface area contributed by atoms with Crippen LogP contribution >= 0.6 is 0 Å². The van der Waals surface area contributed by atoms with Crippen molar-refractivity contribution in [3.05, 3.63) is 0 Å². The maximum atomic E-state index is 12.9. The molecular weight excluding hydrogens is 162 g/mol. The van der Waals surface area contributed by atoms with Crippen molar-refractivity contribution in [3.63, 3.8) is 0 Å². The van der Waals surface area contributed by atoms with Crippen LogP contribution in [0.15, 0.2) is 0 Å². The molecular formula is C8H14F2N2. The molecule has 0 aromatic heterocycles. The number of halogens is 2. The number of nitrogens with one attached hydrogen (secondary N) is 1. The van der Waals surface area contributed by atoms with Gasteiger partial charge in [0, 0.05) is 31.6 Å². The average Bonchev–Trinajstić information content (AvgIpc) is 2.21. The summed E-state index contributed by atoms with van der Waals surface area (Å²) in [6.45, 7) is 3.48. The Labute approximate surface area is 70.9 Å². The Morgan fingerprint density at radius 3 is 3.00 bits per heavy atom. The summed E-state index contributed by atoms with van der Waals surface area (Å²) in [4.78, 5) is 1.90. The maximum absolute atomic E-state index is 12.9. The molecule has 0 radical (unpaired) electrons.